The summed E-state index contributed by atoms with van der Waals surface area (Å²) < 4.78 is 6.14. The average molecular weight is 366 g/mol. The van der Waals surface area contributed by atoms with E-state index in [0.29, 0.717) is 6.61 Å². The number of hydrogen-bond donors (Lipinski definition) is 1. The van der Waals surface area contributed by atoms with Crippen LogP contribution in [0.5, 0.6) is 0 Å². The molecule has 2 aromatic carbocycles. The van der Waals surface area contributed by atoms with Crippen molar-refractivity contribution >= 4 is 24.0 Å². The van der Waals surface area contributed by atoms with Gasteiger partial charge in [-0.2, -0.15) is 0 Å². The van der Waals surface area contributed by atoms with Gasteiger partial charge in [-0.05, 0) is 61.7 Å². The molecule has 0 saturated carbocycles. The SMILES string of the molecule is Cc1cc(Cl)cc(COCC2(c3ccccc3)CCNCC2)c1.Cl. The van der Waals surface area contributed by atoms with Crippen LogP contribution in [0.15, 0.2) is 48.5 Å². The number of rotatable bonds is 5. The maximum atomic E-state index is 6.14. The first-order chi connectivity index (χ1) is 11.2. The fraction of sp³-hybridized carbons (Fsp3) is 0.400. The average Bonchev–Trinajstić information content (AvgIpc) is 2.56. The maximum Gasteiger partial charge on any atom is 0.0717 e. The molecule has 1 N–H and O–H groups in total. The second kappa shape index (κ2) is 8.87. The van der Waals surface area contributed by atoms with Crippen molar-refractivity contribution in [3.63, 3.8) is 0 Å². The highest BCUT2D eigenvalue weighted by molar-refractivity contribution is 6.30. The van der Waals surface area contributed by atoms with E-state index in [-0.39, 0.29) is 17.8 Å². The second-order valence-corrected chi connectivity index (χ2v) is 6.96. The topological polar surface area (TPSA) is 21.3 Å². The lowest BCUT2D eigenvalue weighted by atomic mass is 9.74. The lowest BCUT2D eigenvalue weighted by molar-refractivity contribution is 0.0565. The van der Waals surface area contributed by atoms with E-state index in [9.17, 15) is 0 Å². The molecule has 0 atom stereocenters. The number of benzene rings is 2. The highest BCUT2D eigenvalue weighted by atomic mass is 35.5. The first-order valence-corrected chi connectivity index (χ1v) is 8.66. The van der Waals surface area contributed by atoms with E-state index in [4.69, 9.17) is 16.3 Å². The number of halogens is 2. The minimum Gasteiger partial charge on any atom is -0.376 e. The normalized spacial score (nSPS) is 16.4. The summed E-state index contributed by atoms with van der Waals surface area (Å²) in [6.07, 6.45) is 2.23. The Hall–Kier alpha value is -1.06. The zero-order chi connectivity index (χ0) is 16.1. The minimum atomic E-state index is 0. The van der Waals surface area contributed by atoms with E-state index < -0.39 is 0 Å². The van der Waals surface area contributed by atoms with E-state index in [1.165, 1.54) is 11.1 Å². The van der Waals surface area contributed by atoms with Crippen molar-refractivity contribution in [2.75, 3.05) is 19.7 Å². The summed E-state index contributed by atoms with van der Waals surface area (Å²) in [5.74, 6) is 0. The van der Waals surface area contributed by atoms with Crippen molar-refractivity contribution in [1.82, 2.24) is 5.32 Å². The first kappa shape index (κ1) is 19.3. The molecule has 1 aliphatic heterocycles. The van der Waals surface area contributed by atoms with Crippen LogP contribution in [0.25, 0.3) is 0 Å². The Kier molecular flexibility index (Phi) is 7.12. The molecule has 2 nitrogen and oxygen atoms in total. The Balaban J connectivity index is 0.00000208. The summed E-state index contributed by atoms with van der Waals surface area (Å²) in [4.78, 5) is 0. The third-order valence-electron chi connectivity index (χ3n) is 4.70. The van der Waals surface area contributed by atoms with Crippen LogP contribution in [0.2, 0.25) is 5.02 Å². The molecule has 0 radical (unpaired) electrons. The van der Waals surface area contributed by atoms with Gasteiger partial charge in [-0.1, -0.05) is 48.0 Å². The highest BCUT2D eigenvalue weighted by Crippen LogP contribution is 2.34. The van der Waals surface area contributed by atoms with Crippen LogP contribution < -0.4 is 5.32 Å². The number of nitrogens with one attached hydrogen (secondary N) is 1. The Bertz CT molecular complexity index is 619. The molecule has 1 fully saturated rings. The fourth-order valence-corrected chi connectivity index (χ4v) is 3.79. The van der Waals surface area contributed by atoms with Gasteiger partial charge in [-0.3, -0.25) is 0 Å². The van der Waals surface area contributed by atoms with E-state index in [1.807, 2.05) is 12.1 Å². The Labute approximate surface area is 156 Å². The van der Waals surface area contributed by atoms with Gasteiger partial charge in [0.1, 0.15) is 0 Å². The van der Waals surface area contributed by atoms with Crippen LogP contribution in [0.3, 0.4) is 0 Å². The van der Waals surface area contributed by atoms with Gasteiger partial charge in [0.15, 0.2) is 0 Å². The van der Waals surface area contributed by atoms with E-state index in [0.717, 1.165) is 43.1 Å². The Morgan fingerprint density at radius 1 is 1.08 bits per heavy atom. The predicted molar refractivity (Wildman–Crippen MR) is 103 cm³/mol. The standard InChI is InChI=1S/C20H24ClNO.ClH/c1-16-11-17(13-19(21)12-16)14-23-15-20(7-9-22-10-8-20)18-5-3-2-4-6-18;/h2-6,11-13,22H,7-10,14-15H2,1H3;1H. The first-order valence-electron chi connectivity index (χ1n) is 8.28. The van der Waals surface area contributed by atoms with E-state index >= 15 is 0 Å². The van der Waals surface area contributed by atoms with Gasteiger partial charge in [0.25, 0.3) is 0 Å². The molecule has 3 rings (SSSR count). The summed E-state index contributed by atoms with van der Waals surface area (Å²) in [7, 11) is 0. The van der Waals surface area contributed by atoms with Gasteiger partial charge in [0, 0.05) is 10.4 Å². The van der Waals surface area contributed by atoms with Crippen LogP contribution in [-0.4, -0.2) is 19.7 Å². The fourth-order valence-electron chi connectivity index (χ4n) is 3.47. The van der Waals surface area contributed by atoms with Crippen LogP contribution in [0.4, 0.5) is 0 Å². The van der Waals surface area contributed by atoms with Gasteiger partial charge in [0.05, 0.1) is 13.2 Å². The molecule has 1 saturated heterocycles. The van der Waals surface area contributed by atoms with Gasteiger partial charge < -0.3 is 10.1 Å². The molecule has 1 heterocycles. The lowest BCUT2D eigenvalue weighted by Crippen LogP contribution is -2.43. The molecule has 4 heteroatoms. The van der Waals surface area contributed by atoms with Crippen LogP contribution in [-0.2, 0) is 16.8 Å². The third-order valence-corrected chi connectivity index (χ3v) is 4.91. The molecule has 2 aromatic rings. The summed E-state index contributed by atoms with van der Waals surface area (Å²) in [6.45, 7) is 5.53. The smallest absolute Gasteiger partial charge is 0.0717 e. The Morgan fingerprint density at radius 3 is 2.46 bits per heavy atom. The number of piperidine rings is 1. The molecule has 0 amide bonds. The van der Waals surface area contributed by atoms with Gasteiger partial charge in [-0.25, -0.2) is 0 Å². The monoisotopic (exact) mass is 365 g/mol. The van der Waals surface area contributed by atoms with Crippen molar-refractivity contribution in [3.05, 3.63) is 70.2 Å². The number of ether oxygens (including phenoxy) is 1. The highest BCUT2D eigenvalue weighted by Gasteiger charge is 2.34. The zero-order valence-electron chi connectivity index (χ0n) is 14.1. The molecular formula is C20H25Cl2NO. The molecule has 1 aliphatic rings. The molecule has 0 aromatic heterocycles. The summed E-state index contributed by atoms with van der Waals surface area (Å²) >= 11 is 6.14. The van der Waals surface area contributed by atoms with Crippen LogP contribution >= 0.6 is 24.0 Å². The second-order valence-electron chi connectivity index (χ2n) is 6.53. The van der Waals surface area contributed by atoms with E-state index in [2.05, 4.69) is 48.6 Å². The van der Waals surface area contributed by atoms with Gasteiger partial charge in [0.2, 0.25) is 0 Å². The van der Waals surface area contributed by atoms with E-state index in [1.54, 1.807) is 0 Å². The molecule has 130 valence electrons. The molecule has 0 unspecified atom stereocenters. The number of hydrogen-bond acceptors (Lipinski definition) is 2. The Morgan fingerprint density at radius 2 is 1.79 bits per heavy atom. The summed E-state index contributed by atoms with van der Waals surface area (Å²) in [5.41, 5.74) is 3.84. The summed E-state index contributed by atoms with van der Waals surface area (Å²) in [5, 5.41) is 4.24. The number of aryl methyl sites for hydroxylation is 1. The van der Waals surface area contributed by atoms with Crippen molar-refractivity contribution in [3.8, 4) is 0 Å². The molecule has 0 bridgehead atoms. The van der Waals surface area contributed by atoms with Crippen LogP contribution in [0, 0.1) is 6.92 Å². The third kappa shape index (κ3) is 4.73. The largest absolute Gasteiger partial charge is 0.376 e. The summed E-state index contributed by atoms with van der Waals surface area (Å²) in [6, 6.07) is 16.9. The van der Waals surface area contributed by atoms with Crippen molar-refractivity contribution in [2.45, 2.75) is 31.8 Å². The van der Waals surface area contributed by atoms with Crippen molar-refractivity contribution in [2.24, 2.45) is 0 Å². The predicted octanol–water partition coefficient (Wildman–Crippen LogP) is 4.91. The molecule has 24 heavy (non-hydrogen) atoms. The van der Waals surface area contributed by atoms with Crippen molar-refractivity contribution in [1.29, 1.82) is 0 Å². The lowest BCUT2D eigenvalue weighted by Gasteiger charge is -2.38. The van der Waals surface area contributed by atoms with Gasteiger partial charge >= 0.3 is 0 Å². The molecule has 0 aliphatic carbocycles. The zero-order valence-corrected chi connectivity index (χ0v) is 15.6. The van der Waals surface area contributed by atoms with Crippen molar-refractivity contribution < 1.29 is 4.74 Å². The quantitative estimate of drug-likeness (QED) is 0.812. The van der Waals surface area contributed by atoms with Gasteiger partial charge in [-0.15, -0.1) is 12.4 Å². The molecular weight excluding hydrogens is 341 g/mol. The minimum absolute atomic E-state index is 0. The molecule has 0 spiro atoms. The van der Waals surface area contributed by atoms with Crippen LogP contribution in [0.1, 0.15) is 29.5 Å². The maximum absolute atomic E-state index is 6.14.